The lowest BCUT2D eigenvalue weighted by atomic mass is 9.93. The zero-order valence-corrected chi connectivity index (χ0v) is 12.7. The Balaban J connectivity index is 1.85. The molecule has 0 amide bonds. The van der Waals surface area contributed by atoms with E-state index in [0.29, 0.717) is 11.1 Å². The summed E-state index contributed by atoms with van der Waals surface area (Å²) in [4.78, 5) is 27.6. The van der Waals surface area contributed by atoms with E-state index in [4.69, 9.17) is 0 Å². The molecular weight excluding hydrogens is 300 g/mol. The quantitative estimate of drug-likeness (QED) is 0.564. The zero-order valence-electron chi connectivity index (χ0n) is 12.7. The molecule has 0 radical (unpaired) electrons. The lowest BCUT2D eigenvalue weighted by Gasteiger charge is -2.10. The molecule has 24 heavy (non-hydrogen) atoms. The maximum atomic E-state index is 13.2. The van der Waals surface area contributed by atoms with Crippen molar-refractivity contribution in [3.63, 3.8) is 0 Å². The molecule has 2 aromatic carbocycles. The van der Waals surface area contributed by atoms with Gasteiger partial charge in [-0.1, -0.05) is 48.5 Å². The summed E-state index contributed by atoms with van der Waals surface area (Å²) in [6.07, 6.45) is 6.78. The lowest BCUT2D eigenvalue weighted by molar-refractivity contribution is 0.104. The van der Waals surface area contributed by atoms with Crippen LogP contribution in [0.5, 0.6) is 0 Å². The number of nitrogens with one attached hydrogen (secondary N) is 2. The Morgan fingerprint density at radius 1 is 0.708 bits per heavy atom. The maximum Gasteiger partial charge on any atom is 0.194 e. The van der Waals surface area contributed by atoms with Crippen LogP contribution in [-0.2, 0) is 0 Å². The summed E-state index contributed by atoms with van der Waals surface area (Å²) in [6.45, 7) is 0. The minimum absolute atomic E-state index is 0.0489. The van der Waals surface area contributed by atoms with Gasteiger partial charge in [-0.3, -0.25) is 4.79 Å². The molecule has 5 heteroatoms. The van der Waals surface area contributed by atoms with E-state index in [1.807, 2.05) is 48.5 Å². The van der Waals surface area contributed by atoms with Crippen LogP contribution in [0.25, 0.3) is 22.5 Å². The van der Waals surface area contributed by atoms with Crippen LogP contribution in [-0.4, -0.2) is 25.7 Å². The minimum Gasteiger partial charge on any atom is -0.351 e. The number of H-pyrrole nitrogens is 2. The maximum absolute atomic E-state index is 13.2. The second-order valence-electron chi connectivity index (χ2n) is 5.33. The van der Waals surface area contributed by atoms with Gasteiger partial charge >= 0.3 is 0 Å². The molecule has 0 aliphatic rings. The van der Waals surface area contributed by atoms with Crippen molar-refractivity contribution < 1.29 is 4.79 Å². The Kier molecular flexibility index (Phi) is 3.51. The van der Waals surface area contributed by atoms with E-state index in [2.05, 4.69) is 19.9 Å². The van der Waals surface area contributed by atoms with Crippen LogP contribution in [0.4, 0.5) is 0 Å². The van der Waals surface area contributed by atoms with Gasteiger partial charge in [-0.05, 0) is 0 Å². The van der Waals surface area contributed by atoms with Crippen LogP contribution in [0.15, 0.2) is 73.6 Å². The number of ketones is 1. The number of hydrogen-bond acceptors (Lipinski definition) is 3. The molecule has 0 saturated heterocycles. The van der Waals surface area contributed by atoms with Gasteiger partial charge in [0.25, 0.3) is 0 Å². The number of rotatable bonds is 4. The number of hydrogen-bond donors (Lipinski definition) is 2. The summed E-state index contributed by atoms with van der Waals surface area (Å²) in [5.41, 5.74) is 4.34. The van der Waals surface area contributed by atoms with Crippen LogP contribution in [0.3, 0.4) is 0 Å². The number of benzene rings is 2. The van der Waals surface area contributed by atoms with Gasteiger partial charge in [0.2, 0.25) is 0 Å². The van der Waals surface area contributed by atoms with E-state index in [0.717, 1.165) is 22.5 Å². The largest absolute Gasteiger partial charge is 0.351 e. The van der Waals surface area contributed by atoms with Crippen molar-refractivity contribution in [3.8, 4) is 22.5 Å². The molecule has 0 fully saturated rings. The fourth-order valence-corrected chi connectivity index (χ4v) is 2.77. The molecule has 5 nitrogen and oxygen atoms in total. The third-order valence-corrected chi connectivity index (χ3v) is 3.89. The summed E-state index contributed by atoms with van der Waals surface area (Å²) < 4.78 is 0. The predicted octanol–water partition coefficient (Wildman–Crippen LogP) is 3.70. The van der Waals surface area contributed by atoms with Crippen LogP contribution < -0.4 is 0 Å². The molecule has 0 aliphatic carbocycles. The van der Waals surface area contributed by atoms with Crippen molar-refractivity contribution in [2.75, 3.05) is 0 Å². The second kappa shape index (κ2) is 5.96. The summed E-state index contributed by atoms with van der Waals surface area (Å²) in [5.74, 6) is -0.0489. The van der Waals surface area contributed by atoms with E-state index >= 15 is 0 Å². The molecule has 2 heterocycles. The molecule has 0 unspecified atom stereocenters. The first-order valence-electron chi connectivity index (χ1n) is 7.55. The highest BCUT2D eigenvalue weighted by Crippen LogP contribution is 2.28. The van der Waals surface area contributed by atoms with Crippen molar-refractivity contribution in [1.82, 2.24) is 19.9 Å². The normalized spacial score (nSPS) is 10.7. The van der Waals surface area contributed by atoms with Gasteiger partial charge in [-0.25, -0.2) is 9.97 Å². The lowest BCUT2D eigenvalue weighted by Crippen LogP contribution is -2.05. The molecule has 0 aliphatic heterocycles. The van der Waals surface area contributed by atoms with Crippen molar-refractivity contribution >= 4 is 5.78 Å². The number of carbonyl (C=O) groups is 1. The molecule has 2 aromatic heterocycles. The van der Waals surface area contributed by atoms with Crippen molar-refractivity contribution in [1.29, 1.82) is 0 Å². The van der Waals surface area contributed by atoms with Crippen molar-refractivity contribution in [2.45, 2.75) is 0 Å². The second-order valence-corrected chi connectivity index (χ2v) is 5.33. The Labute approximate surface area is 138 Å². The van der Waals surface area contributed by atoms with Crippen molar-refractivity contribution in [3.05, 3.63) is 84.7 Å². The van der Waals surface area contributed by atoms with Crippen LogP contribution >= 0.6 is 0 Å². The van der Waals surface area contributed by atoms with Gasteiger partial charge in [0.15, 0.2) is 5.78 Å². The predicted molar refractivity (Wildman–Crippen MR) is 91.5 cm³/mol. The molecule has 116 valence electrons. The number of nitrogens with zero attached hydrogens (tertiary/aromatic N) is 2. The summed E-state index contributed by atoms with van der Waals surface area (Å²) in [7, 11) is 0. The third-order valence-electron chi connectivity index (χ3n) is 3.89. The van der Waals surface area contributed by atoms with E-state index in [1.165, 1.54) is 0 Å². The number of carbonyl (C=O) groups excluding carboxylic acids is 1. The van der Waals surface area contributed by atoms with E-state index in [9.17, 15) is 4.79 Å². The molecule has 4 rings (SSSR count). The van der Waals surface area contributed by atoms with Gasteiger partial charge in [0.1, 0.15) is 0 Å². The SMILES string of the molecule is O=C(c1ccccc1-c1c[nH]cn1)c1ccccc1-c1c[nH]cn1. The van der Waals surface area contributed by atoms with E-state index in [-0.39, 0.29) is 5.78 Å². The number of aromatic nitrogens is 4. The highest BCUT2D eigenvalue weighted by molar-refractivity contribution is 6.15. The highest BCUT2D eigenvalue weighted by Gasteiger charge is 2.19. The molecule has 0 spiro atoms. The van der Waals surface area contributed by atoms with Gasteiger partial charge in [0.05, 0.1) is 24.0 Å². The molecular formula is C19H14N4O. The fourth-order valence-electron chi connectivity index (χ4n) is 2.77. The number of aromatic amines is 2. The van der Waals surface area contributed by atoms with Crippen LogP contribution in [0.2, 0.25) is 0 Å². The zero-order chi connectivity index (χ0) is 16.4. The summed E-state index contributed by atoms with van der Waals surface area (Å²) >= 11 is 0. The van der Waals surface area contributed by atoms with Gasteiger partial charge < -0.3 is 9.97 Å². The molecule has 2 N–H and O–H groups in total. The monoisotopic (exact) mass is 314 g/mol. The fraction of sp³-hybridized carbons (Fsp3) is 0. The first-order chi connectivity index (χ1) is 11.8. The molecule has 0 bridgehead atoms. The van der Waals surface area contributed by atoms with Crippen LogP contribution in [0, 0.1) is 0 Å². The molecule has 0 saturated carbocycles. The summed E-state index contributed by atoms with van der Waals surface area (Å²) in [5, 5.41) is 0. The van der Waals surface area contributed by atoms with Gasteiger partial charge in [-0.15, -0.1) is 0 Å². The van der Waals surface area contributed by atoms with Gasteiger partial charge in [-0.2, -0.15) is 0 Å². The molecule has 0 atom stereocenters. The van der Waals surface area contributed by atoms with E-state index < -0.39 is 0 Å². The Morgan fingerprint density at radius 2 is 1.17 bits per heavy atom. The Bertz CT molecular complexity index is 893. The first-order valence-corrected chi connectivity index (χ1v) is 7.55. The third kappa shape index (κ3) is 2.42. The average molecular weight is 314 g/mol. The summed E-state index contributed by atoms with van der Waals surface area (Å²) in [6, 6.07) is 15.0. The highest BCUT2D eigenvalue weighted by atomic mass is 16.1. The average Bonchev–Trinajstić information content (AvgIpc) is 3.35. The number of imidazole rings is 2. The minimum atomic E-state index is -0.0489. The smallest absolute Gasteiger partial charge is 0.194 e. The van der Waals surface area contributed by atoms with Crippen molar-refractivity contribution in [2.24, 2.45) is 0 Å². The van der Waals surface area contributed by atoms with Gasteiger partial charge in [0, 0.05) is 34.6 Å². The first kappa shape index (κ1) is 14.1. The topological polar surface area (TPSA) is 74.4 Å². The standard InChI is InChI=1S/C19H14N4O/c24-19(15-7-3-1-5-13(15)17-9-20-11-22-17)16-8-4-2-6-14(16)18-10-21-12-23-18/h1-12H,(H,20,22)(H,21,23). The molecule has 4 aromatic rings. The van der Waals surface area contributed by atoms with Crippen LogP contribution in [0.1, 0.15) is 15.9 Å². The Hall–Kier alpha value is -3.47. The van der Waals surface area contributed by atoms with E-state index in [1.54, 1.807) is 25.0 Å². The Morgan fingerprint density at radius 3 is 1.58 bits per heavy atom.